The van der Waals surface area contributed by atoms with Crippen molar-refractivity contribution in [2.75, 3.05) is 0 Å². The molecule has 0 amide bonds. The second-order valence-corrected chi connectivity index (χ2v) is 14.1. The largest absolute Gasteiger partial charge is 0.416 e. The third-order valence-corrected chi connectivity index (χ3v) is 5.38. The summed E-state index contributed by atoms with van der Waals surface area (Å²) >= 11 is 0. The summed E-state index contributed by atoms with van der Waals surface area (Å²) in [5.74, 6) is -0.173. The highest BCUT2D eigenvalue weighted by Gasteiger charge is 2.33. The smallest absolute Gasteiger partial charge is 0.294 e. The number of benzene rings is 2. The van der Waals surface area contributed by atoms with E-state index in [2.05, 4.69) is 25.3 Å². The van der Waals surface area contributed by atoms with Crippen LogP contribution >= 0.6 is 0 Å². The first-order chi connectivity index (χ1) is 12.7. The Kier molecular flexibility index (Phi) is 6.09. The summed E-state index contributed by atoms with van der Waals surface area (Å²) < 4.78 is 40.3. The number of hydrogen-bond donors (Lipinski definition) is 0. The zero-order valence-electron chi connectivity index (χ0n) is 17.2. The van der Waals surface area contributed by atoms with Gasteiger partial charge in [-0.3, -0.25) is 4.79 Å². The van der Waals surface area contributed by atoms with Gasteiger partial charge in [-0.1, -0.05) is 82.5 Å². The van der Waals surface area contributed by atoms with Crippen LogP contribution in [0.2, 0.25) is 19.6 Å². The zero-order chi connectivity index (χ0) is 21.3. The molecule has 0 saturated heterocycles. The second kappa shape index (κ2) is 7.70. The van der Waals surface area contributed by atoms with E-state index in [0.717, 1.165) is 17.7 Å². The third kappa shape index (κ3) is 5.44. The molecule has 0 fully saturated rings. The lowest BCUT2D eigenvalue weighted by Gasteiger charge is -2.23. The Morgan fingerprint density at radius 3 is 1.93 bits per heavy atom. The molecular weight excluding hydrogens is 377 g/mol. The molecule has 2 aromatic rings. The van der Waals surface area contributed by atoms with Crippen molar-refractivity contribution in [1.82, 2.24) is 0 Å². The van der Waals surface area contributed by atoms with E-state index in [0.29, 0.717) is 16.7 Å². The Bertz CT molecular complexity index is 883. The summed E-state index contributed by atoms with van der Waals surface area (Å²) in [6, 6.07) is 12.8. The van der Waals surface area contributed by atoms with Crippen LogP contribution in [0.25, 0.3) is 5.57 Å². The highest BCUT2D eigenvalue weighted by molar-refractivity contribution is 6.81. The molecule has 2 aromatic carbocycles. The fraction of sp³-hybridized carbons (Fsp3) is 0.348. The Hall–Kier alpha value is -2.14. The maximum atomic E-state index is 13.4. The fourth-order valence-corrected chi connectivity index (χ4v) is 4.10. The molecule has 28 heavy (non-hydrogen) atoms. The molecule has 0 aliphatic rings. The van der Waals surface area contributed by atoms with Crippen molar-refractivity contribution >= 4 is 19.4 Å². The van der Waals surface area contributed by atoms with Crippen molar-refractivity contribution < 1.29 is 18.0 Å². The normalized spacial score (nSPS) is 13.5. The number of carbonyl (C=O) groups excluding carboxylic acids is 1. The molecule has 1 nitrogen and oxygen atoms in total. The third-order valence-electron chi connectivity index (χ3n) is 4.23. The molecule has 0 heterocycles. The highest BCUT2D eigenvalue weighted by Crippen LogP contribution is 2.37. The molecule has 5 heteroatoms. The van der Waals surface area contributed by atoms with E-state index in [4.69, 9.17) is 0 Å². The molecule has 0 unspecified atom stereocenters. The van der Waals surface area contributed by atoms with Gasteiger partial charge in [0.05, 0.1) is 13.6 Å². The zero-order valence-corrected chi connectivity index (χ0v) is 18.2. The maximum Gasteiger partial charge on any atom is 0.416 e. The van der Waals surface area contributed by atoms with Gasteiger partial charge in [-0.25, -0.2) is 0 Å². The summed E-state index contributed by atoms with van der Waals surface area (Å²) in [7, 11) is -1.81. The number of Topliss-reactive ketones (excluding diaryl/α,β-unsaturated/α-hetero) is 1. The fourth-order valence-electron chi connectivity index (χ4n) is 2.91. The topological polar surface area (TPSA) is 17.1 Å². The molecule has 0 radical (unpaired) electrons. The van der Waals surface area contributed by atoms with Crippen LogP contribution in [0, 0.1) is 5.41 Å². The van der Waals surface area contributed by atoms with Gasteiger partial charge in [-0.05, 0) is 28.8 Å². The predicted molar refractivity (Wildman–Crippen MR) is 112 cm³/mol. The monoisotopic (exact) mass is 404 g/mol. The van der Waals surface area contributed by atoms with E-state index < -0.39 is 25.2 Å². The highest BCUT2D eigenvalue weighted by atomic mass is 28.3. The summed E-state index contributed by atoms with van der Waals surface area (Å²) in [5, 5.41) is 0. The van der Waals surface area contributed by atoms with Gasteiger partial charge in [0.1, 0.15) is 0 Å². The Morgan fingerprint density at radius 2 is 1.46 bits per heavy atom. The number of halogens is 3. The van der Waals surface area contributed by atoms with E-state index in [1.54, 1.807) is 20.8 Å². The van der Waals surface area contributed by atoms with Crippen molar-refractivity contribution in [3.05, 3.63) is 76.5 Å². The van der Waals surface area contributed by atoms with Gasteiger partial charge >= 0.3 is 6.18 Å². The first-order valence-electron chi connectivity index (χ1n) is 9.25. The van der Waals surface area contributed by atoms with Gasteiger partial charge in [0, 0.05) is 11.0 Å². The van der Waals surface area contributed by atoms with Gasteiger partial charge in [-0.15, -0.1) is 0 Å². The molecule has 0 saturated carbocycles. The second-order valence-electron chi connectivity index (χ2n) is 9.13. The molecule has 0 spiro atoms. The average molecular weight is 405 g/mol. The van der Waals surface area contributed by atoms with Crippen molar-refractivity contribution in [3.63, 3.8) is 0 Å². The van der Waals surface area contributed by atoms with E-state index in [1.807, 2.05) is 30.3 Å². The van der Waals surface area contributed by atoms with Crippen LogP contribution in [0.1, 0.15) is 47.8 Å². The summed E-state index contributed by atoms with van der Waals surface area (Å²) in [5.41, 5.74) is 2.81. The quantitative estimate of drug-likeness (QED) is 0.388. The van der Waals surface area contributed by atoms with Crippen LogP contribution in [0.5, 0.6) is 0 Å². The lowest BCUT2D eigenvalue weighted by molar-refractivity contribution is -0.137. The average Bonchev–Trinajstić information content (AvgIpc) is 2.57. The molecule has 0 N–H and O–H groups in total. The van der Waals surface area contributed by atoms with Gasteiger partial charge in [0.25, 0.3) is 0 Å². The van der Waals surface area contributed by atoms with E-state index >= 15 is 0 Å². The van der Waals surface area contributed by atoms with Crippen LogP contribution < -0.4 is 0 Å². The van der Waals surface area contributed by atoms with E-state index in [1.165, 1.54) is 6.07 Å². The summed E-state index contributed by atoms with van der Waals surface area (Å²) in [4.78, 5) is 13.1. The Balaban J connectivity index is 2.86. The van der Waals surface area contributed by atoms with E-state index in [-0.39, 0.29) is 5.78 Å². The molecule has 150 valence electrons. The summed E-state index contributed by atoms with van der Waals surface area (Å²) in [6.07, 6.45) is -4.47. The number of alkyl halides is 3. The minimum atomic E-state index is -4.47. The van der Waals surface area contributed by atoms with Crippen molar-refractivity contribution in [2.24, 2.45) is 5.41 Å². The number of carbonyl (C=O) groups is 1. The van der Waals surface area contributed by atoms with Crippen LogP contribution in [-0.2, 0) is 6.18 Å². The van der Waals surface area contributed by atoms with Crippen molar-refractivity contribution in [3.8, 4) is 0 Å². The minimum Gasteiger partial charge on any atom is -0.294 e. The van der Waals surface area contributed by atoms with Gasteiger partial charge in [0.2, 0.25) is 0 Å². The molecule has 0 bridgehead atoms. The summed E-state index contributed by atoms with van der Waals surface area (Å²) in [6.45, 7) is 11.7. The Labute approximate surface area is 166 Å². The first kappa shape index (κ1) is 22.1. The van der Waals surface area contributed by atoms with Gasteiger partial charge in [0.15, 0.2) is 5.78 Å². The molecule has 0 aliphatic carbocycles. The van der Waals surface area contributed by atoms with Crippen LogP contribution in [0.15, 0.2) is 54.2 Å². The number of rotatable bonds is 4. The van der Waals surface area contributed by atoms with Crippen LogP contribution in [0.3, 0.4) is 0 Å². The Morgan fingerprint density at radius 1 is 0.893 bits per heavy atom. The predicted octanol–water partition coefficient (Wildman–Crippen LogP) is 7.24. The van der Waals surface area contributed by atoms with Crippen molar-refractivity contribution in [2.45, 2.75) is 46.6 Å². The number of hydrogen-bond acceptors (Lipinski definition) is 1. The maximum absolute atomic E-state index is 13.4. The molecule has 0 aromatic heterocycles. The van der Waals surface area contributed by atoms with E-state index in [9.17, 15) is 18.0 Å². The van der Waals surface area contributed by atoms with Gasteiger partial charge in [-0.2, -0.15) is 13.2 Å². The molecule has 2 rings (SSSR count). The molecular formula is C23H27F3OSi. The van der Waals surface area contributed by atoms with Crippen molar-refractivity contribution in [1.29, 1.82) is 0 Å². The standard InChI is InChI=1S/C23H27F3OSi/c1-22(2,3)21(27)18-13-12-17(23(24,25)26)14-19(18)20(15-28(4,5)6)16-10-8-7-9-11-16/h7-15H,1-6H3/b20-15+. The molecule has 0 aliphatic heterocycles. The lowest BCUT2D eigenvalue weighted by Crippen LogP contribution is -2.23. The first-order valence-corrected chi connectivity index (χ1v) is 12.8. The van der Waals surface area contributed by atoms with Gasteiger partial charge < -0.3 is 0 Å². The number of ketones is 1. The van der Waals surface area contributed by atoms with Crippen LogP contribution in [-0.4, -0.2) is 13.9 Å². The lowest BCUT2D eigenvalue weighted by atomic mass is 9.82. The molecule has 0 atom stereocenters. The minimum absolute atomic E-state index is 0.173. The SMILES string of the molecule is CC(C)(C)C(=O)c1ccc(C(F)(F)F)cc1/C(=C/[Si](C)(C)C)c1ccccc1. The van der Waals surface area contributed by atoms with Crippen LogP contribution in [0.4, 0.5) is 13.2 Å².